The van der Waals surface area contributed by atoms with Crippen LogP contribution in [-0.4, -0.2) is 18.9 Å². The molecule has 0 bridgehead atoms. The normalized spacial score (nSPS) is 10.5. The van der Waals surface area contributed by atoms with Gasteiger partial charge in [-0.2, -0.15) is 0 Å². The van der Waals surface area contributed by atoms with Gasteiger partial charge < -0.3 is 15.2 Å². The first-order valence-corrected chi connectivity index (χ1v) is 6.58. The zero-order valence-electron chi connectivity index (χ0n) is 11.7. The van der Waals surface area contributed by atoms with Crippen LogP contribution in [0.4, 0.5) is 8.78 Å². The van der Waals surface area contributed by atoms with Gasteiger partial charge in [0, 0.05) is 5.56 Å². The van der Waals surface area contributed by atoms with Crippen LogP contribution in [0.1, 0.15) is 15.9 Å². The summed E-state index contributed by atoms with van der Waals surface area (Å²) < 4.78 is 35.2. The number of nitrogens with two attached hydrogens (primary N) is 1. The predicted octanol–water partition coefficient (Wildman–Crippen LogP) is 3.01. The molecule has 2 N–H and O–H groups in total. The van der Waals surface area contributed by atoms with Crippen molar-refractivity contribution in [2.45, 2.75) is 13.0 Å². The molecule has 0 atom stereocenters. The Balaban J connectivity index is 2.15. The molecule has 2 aromatic rings. The molecule has 116 valence electrons. The number of primary amides is 1. The zero-order chi connectivity index (χ0) is 15.9. The molecule has 0 saturated heterocycles. The van der Waals surface area contributed by atoms with E-state index in [0.717, 1.165) is 5.56 Å². The number of hydrogen-bond acceptors (Lipinski definition) is 3. The first-order valence-electron chi connectivity index (χ1n) is 6.58. The summed E-state index contributed by atoms with van der Waals surface area (Å²) in [5.74, 6) is -0.335. The number of carbonyl (C=O) groups excluding carboxylic acids is 1. The van der Waals surface area contributed by atoms with E-state index in [1.54, 1.807) is 0 Å². The number of benzene rings is 2. The third-order valence-electron chi connectivity index (χ3n) is 2.83. The van der Waals surface area contributed by atoms with E-state index in [9.17, 15) is 13.6 Å². The Morgan fingerprint density at radius 3 is 2.41 bits per heavy atom. The van der Waals surface area contributed by atoms with Gasteiger partial charge in [0.05, 0.1) is 0 Å². The molecule has 0 aromatic heterocycles. The molecule has 0 unspecified atom stereocenters. The SMILES string of the molecule is NC(=O)c1ccc(OCc2ccccc2)c(OCC(F)F)c1. The summed E-state index contributed by atoms with van der Waals surface area (Å²) in [5, 5.41) is 0. The highest BCUT2D eigenvalue weighted by Crippen LogP contribution is 2.29. The van der Waals surface area contributed by atoms with Crippen molar-refractivity contribution >= 4 is 5.91 Å². The molecule has 1 amide bonds. The third kappa shape index (κ3) is 4.44. The van der Waals surface area contributed by atoms with E-state index in [1.807, 2.05) is 30.3 Å². The smallest absolute Gasteiger partial charge is 0.272 e. The van der Waals surface area contributed by atoms with Crippen LogP contribution in [0, 0.1) is 0 Å². The standard InChI is InChI=1S/C16H15F2NO3/c17-15(18)10-22-14-8-12(16(19)20)6-7-13(14)21-9-11-4-2-1-3-5-11/h1-8,15H,9-10H2,(H2,19,20). The molecule has 2 rings (SSSR count). The fraction of sp³-hybridized carbons (Fsp3) is 0.188. The first kappa shape index (κ1) is 15.8. The molecule has 0 aliphatic heterocycles. The number of rotatable bonds is 7. The van der Waals surface area contributed by atoms with E-state index in [1.165, 1.54) is 18.2 Å². The van der Waals surface area contributed by atoms with Gasteiger partial charge >= 0.3 is 0 Å². The van der Waals surface area contributed by atoms with Crippen LogP contribution in [0.3, 0.4) is 0 Å². The van der Waals surface area contributed by atoms with Gasteiger partial charge in [0.25, 0.3) is 6.43 Å². The summed E-state index contributed by atoms with van der Waals surface area (Å²) in [6.45, 7) is -0.536. The van der Waals surface area contributed by atoms with E-state index in [2.05, 4.69) is 0 Å². The van der Waals surface area contributed by atoms with Gasteiger partial charge in [-0.05, 0) is 23.8 Å². The molecule has 6 heteroatoms. The minimum atomic E-state index is -2.63. The van der Waals surface area contributed by atoms with Crippen LogP contribution in [0.5, 0.6) is 11.5 Å². The average molecular weight is 307 g/mol. The van der Waals surface area contributed by atoms with Crippen molar-refractivity contribution in [1.82, 2.24) is 0 Å². The van der Waals surface area contributed by atoms with Crippen molar-refractivity contribution in [3.63, 3.8) is 0 Å². The topological polar surface area (TPSA) is 61.6 Å². The number of halogens is 2. The average Bonchev–Trinajstić information content (AvgIpc) is 2.52. The lowest BCUT2D eigenvalue weighted by molar-refractivity contribution is 0.0797. The van der Waals surface area contributed by atoms with Crippen molar-refractivity contribution in [3.05, 3.63) is 59.7 Å². The van der Waals surface area contributed by atoms with Gasteiger partial charge in [0.2, 0.25) is 5.91 Å². The highest BCUT2D eigenvalue weighted by atomic mass is 19.3. The molecule has 22 heavy (non-hydrogen) atoms. The number of amides is 1. The quantitative estimate of drug-likeness (QED) is 0.855. The molecule has 0 aliphatic rings. The third-order valence-corrected chi connectivity index (χ3v) is 2.83. The largest absolute Gasteiger partial charge is 0.485 e. The Hall–Kier alpha value is -2.63. The molecule has 0 aliphatic carbocycles. The minimum absolute atomic E-state index is 0.0625. The minimum Gasteiger partial charge on any atom is -0.485 e. The fourth-order valence-electron chi connectivity index (χ4n) is 1.78. The van der Waals surface area contributed by atoms with Gasteiger partial charge in [0.15, 0.2) is 11.5 Å². The number of alkyl halides is 2. The van der Waals surface area contributed by atoms with E-state index in [4.69, 9.17) is 15.2 Å². The van der Waals surface area contributed by atoms with Crippen LogP contribution in [0.25, 0.3) is 0 Å². The molecule has 0 fully saturated rings. The predicted molar refractivity (Wildman–Crippen MR) is 77.2 cm³/mol. The van der Waals surface area contributed by atoms with Gasteiger partial charge in [0.1, 0.15) is 13.2 Å². The maximum absolute atomic E-state index is 12.3. The maximum atomic E-state index is 12.3. The molecule has 0 radical (unpaired) electrons. The summed E-state index contributed by atoms with van der Waals surface area (Å²) in [4.78, 5) is 11.2. The number of ether oxygens (including phenoxy) is 2. The number of hydrogen-bond donors (Lipinski definition) is 1. The zero-order valence-corrected chi connectivity index (χ0v) is 11.7. The van der Waals surface area contributed by atoms with E-state index in [0.29, 0.717) is 0 Å². The summed E-state index contributed by atoms with van der Waals surface area (Å²) in [7, 11) is 0. The lowest BCUT2D eigenvalue weighted by Gasteiger charge is -2.13. The second-order valence-corrected chi connectivity index (χ2v) is 4.50. The van der Waals surface area contributed by atoms with Gasteiger partial charge in [-0.3, -0.25) is 4.79 Å². The van der Waals surface area contributed by atoms with Crippen molar-refractivity contribution in [2.24, 2.45) is 5.73 Å². The van der Waals surface area contributed by atoms with Crippen LogP contribution >= 0.6 is 0 Å². The van der Waals surface area contributed by atoms with Crippen molar-refractivity contribution in [2.75, 3.05) is 6.61 Å². The van der Waals surface area contributed by atoms with Crippen molar-refractivity contribution in [1.29, 1.82) is 0 Å². The Bertz CT molecular complexity index is 633. The lowest BCUT2D eigenvalue weighted by Crippen LogP contribution is -2.13. The monoisotopic (exact) mass is 307 g/mol. The highest BCUT2D eigenvalue weighted by Gasteiger charge is 2.12. The maximum Gasteiger partial charge on any atom is 0.272 e. The molecule has 2 aromatic carbocycles. The molecule has 0 spiro atoms. The van der Waals surface area contributed by atoms with Crippen LogP contribution in [0.15, 0.2) is 48.5 Å². The Morgan fingerprint density at radius 1 is 1.05 bits per heavy atom. The molecular weight excluding hydrogens is 292 g/mol. The van der Waals surface area contributed by atoms with Crippen LogP contribution in [-0.2, 0) is 6.61 Å². The molecule has 0 saturated carbocycles. The van der Waals surface area contributed by atoms with E-state index >= 15 is 0 Å². The highest BCUT2D eigenvalue weighted by molar-refractivity contribution is 5.93. The number of carbonyl (C=O) groups is 1. The molecular formula is C16H15F2NO3. The van der Waals surface area contributed by atoms with Gasteiger partial charge in [-0.15, -0.1) is 0 Å². The van der Waals surface area contributed by atoms with Gasteiger partial charge in [-0.25, -0.2) is 8.78 Å². The van der Waals surface area contributed by atoms with E-state index in [-0.39, 0.29) is 23.7 Å². The van der Waals surface area contributed by atoms with Crippen LogP contribution in [0.2, 0.25) is 0 Å². The Kier molecular flexibility index (Phi) is 5.30. The summed E-state index contributed by atoms with van der Waals surface area (Å²) >= 11 is 0. The fourth-order valence-corrected chi connectivity index (χ4v) is 1.78. The second kappa shape index (κ2) is 7.40. The lowest BCUT2D eigenvalue weighted by atomic mass is 10.2. The van der Waals surface area contributed by atoms with Crippen LogP contribution < -0.4 is 15.2 Å². The first-order chi connectivity index (χ1) is 10.6. The summed E-state index contributed by atoms with van der Waals surface area (Å²) in [6.07, 6.45) is -2.63. The Labute approximate surface area is 126 Å². The molecule has 0 heterocycles. The van der Waals surface area contributed by atoms with Crippen molar-refractivity contribution in [3.8, 4) is 11.5 Å². The Morgan fingerprint density at radius 2 is 1.77 bits per heavy atom. The van der Waals surface area contributed by atoms with Crippen molar-refractivity contribution < 1.29 is 23.0 Å². The summed E-state index contributed by atoms with van der Waals surface area (Å²) in [5.41, 5.74) is 6.25. The van der Waals surface area contributed by atoms with E-state index < -0.39 is 18.9 Å². The second-order valence-electron chi connectivity index (χ2n) is 4.50. The van der Waals surface area contributed by atoms with Gasteiger partial charge in [-0.1, -0.05) is 30.3 Å². The molecule has 4 nitrogen and oxygen atoms in total. The summed E-state index contributed by atoms with van der Waals surface area (Å²) in [6, 6.07) is 13.6.